The van der Waals surface area contributed by atoms with Crippen molar-refractivity contribution in [3.8, 4) is 0 Å². The average Bonchev–Trinajstić information content (AvgIpc) is 2.69. The zero-order valence-electron chi connectivity index (χ0n) is 9.18. The molecule has 84 valence electrons. The summed E-state index contributed by atoms with van der Waals surface area (Å²) >= 11 is 5.82. The summed E-state index contributed by atoms with van der Waals surface area (Å²) < 4.78 is 1.83. The van der Waals surface area contributed by atoms with Crippen LogP contribution < -0.4 is 5.32 Å². The molecule has 0 aromatic carbocycles. The van der Waals surface area contributed by atoms with Gasteiger partial charge in [-0.3, -0.25) is 9.67 Å². The molecule has 5 heteroatoms. The van der Waals surface area contributed by atoms with E-state index in [1.165, 1.54) is 0 Å². The molecule has 0 amide bonds. The van der Waals surface area contributed by atoms with E-state index in [-0.39, 0.29) is 6.04 Å². The fourth-order valence-electron chi connectivity index (χ4n) is 1.67. The number of nitrogens with zero attached hydrogens (tertiary/aromatic N) is 3. The van der Waals surface area contributed by atoms with Crippen LogP contribution in [-0.2, 0) is 7.05 Å². The molecule has 0 spiro atoms. The van der Waals surface area contributed by atoms with E-state index < -0.39 is 0 Å². The zero-order valence-corrected chi connectivity index (χ0v) is 9.94. The summed E-state index contributed by atoms with van der Waals surface area (Å²) in [6.45, 7) is 0. The molecule has 0 radical (unpaired) electrons. The van der Waals surface area contributed by atoms with Gasteiger partial charge >= 0.3 is 0 Å². The highest BCUT2D eigenvalue weighted by atomic mass is 35.5. The van der Waals surface area contributed by atoms with E-state index in [4.69, 9.17) is 11.6 Å². The van der Waals surface area contributed by atoms with Crippen LogP contribution >= 0.6 is 11.6 Å². The third-order valence-electron chi connectivity index (χ3n) is 2.49. The van der Waals surface area contributed by atoms with Crippen molar-refractivity contribution in [3.63, 3.8) is 0 Å². The lowest BCUT2D eigenvalue weighted by Crippen LogP contribution is -2.21. The molecule has 0 fully saturated rings. The van der Waals surface area contributed by atoms with Crippen molar-refractivity contribution in [2.75, 3.05) is 7.05 Å². The van der Waals surface area contributed by atoms with Crippen LogP contribution in [0.4, 0.5) is 0 Å². The summed E-state index contributed by atoms with van der Waals surface area (Å²) in [5.41, 5.74) is 1.99. The van der Waals surface area contributed by atoms with E-state index in [2.05, 4.69) is 15.4 Å². The van der Waals surface area contributed by atoms with E-state index in [1.54, 1.807) is 12.4 Å². The summed E-state index contributed by atoms with van der Waals surface area (Å²) in [6.07, 6.45) is 3.42. The fraction of sp³-hybridized carbons (Fsp3) is 0.273. The van der Waals surface area contributed by atoms with Gasteiger partial charge in [0, 0.05) is 19.4 Å². The van der Waals surface area contributed by atoms with Crippen molar-refractivity contribution < 1.29 is 0 Å². The molecule has 0 aliphatic carbocycles. The number of aromatic nitrogens is 3. The molecule has 4 nitrogen and oxygen atoms in total. The van der Waals surface area contributed by atoms with Gasteiger partial charge in [-0.2, -0.15) is 5.10 Å². The molecule has 2 aromatic rings. The Labute approximate surface area is 99.3 Å². The lowest BCUT2D eigenvalue weighted by atomic mass is 10.1. The first-order chi connectivity index (χ1) is 7.72. The average molecular weight is 237 g/mol. The van der Waals surface area contributed by atoms with Crippen molar-refractivity contribution in [1.29, 1.82) is 0 Å². The molecule has 16 heavy (non-hydrogen) atoms. The Morgan fingerprint density at radius 2 is 2.19 bits per heavy atom. The predicted octanol–water partition coefficient (Wildman–Crippen LogP) is 1.78. The van der Waals surface area contributed by atoms with Crippen LogP contribution in [0.2, 0.25) is 5.02 Å². The van der Waals surface area contributed by atoms with Gasteiger partial charge in [-0.15, -0.1) is 0 Å². The van der Waals surface area contributed by atoms with E-state index in [0.717, 1.165) is 11.4 Å². The maximum Gasteiger partial charge on any atom is 0.0919 e. The van der Waals surface area contributed by atoms with Gasteiger partial charge in [0.2, 0.25) is 0 Å². The van der Waals surface area contributed by atoms with Gasteiger partial charge in [0.15, 0.2) is 0 Å². The summed E-state index contributed by atoms with van der Waals surface area (Å²) in [4.78, 5) is 4.31. The topological polar surface area (TPSA) is 42.7 Å². The molecule has 0 bridgehead atoms. The number of aryl methyl sites for hydroxylation is 1. The van der Waals surface area contributed by atoms with Crippen LogP contribution in [0.25, 0.3) is 0 Å². The normalized spacial score (nSPS) is 12.7. The van der Waals surface area contributed by atoms with Crippen LogP contribution in [0.1, 0.15) is 17.4 Å². The van der Waals surface area contributed by atoms with Gasteiger partial charge in [-0.25, -0.2) is 0 Å². The molecule has 0 aliphatic rings. The minimum Gasteiger partial charge on any atom is -0.307 e. The Morgan fingerprint density at radius 3 is 2.69 bits per heavy atom. The van der Waals surface area contributed by atoms with Crippen molar-refractivity contribution in [2.45, 2.75) is 6.04 Å². The Bertz CT molecular complexity index is 463. The van der Waals surface area contributed by atoms with Gasteiger partial charge < -0.3 is 5.32 Å². The Hall–Kier alpha value is -1.39. The van der Waals surface area contributed by atoms with E-state index in [9.17, 15) is 0 Å². The van der Waals surface area contributed by atoms with Crippen molar-refractivity contribution in [1.82, 2.24) is 20.1 Å². The predicted molar refractivity (Wildman–Crippen MR) is 63.4 cm³/mol. The molecular formula is C11H13ClN4. The first kappa shape index (κ1) is 11.1. The third-order valence-corrected chi connectivity index (χ3v) is 2.71. The molecule has 2 rings (SSSR count). The monoisotopic (exact) mass is 236 g/mol. The molecule has 2 aromatic heterocycles. The highest BCUT2D eigenvalue weighted by Gasteiger charge is 2.16. The zero-order chi connectivity index (χ0) is 11.5. The van der Waals surface area contributed by atoms with Gasteiger partial charge in [0.25, 0.3) is 0 Å². The van der Waals surface area contributed by atoms with Gasteiger partial charge in [0.05, 0.1) is 22.5 Å². The number of hydrogen-bond acceptors (Lipinski definition) is 3. The molecule has 0 saturated heterocycles. The molecule has 1 atom stereocenters. The number of hydrogen-bond donors (Lipinski definition) is 1. The number of halogens is 1. The van der Waals surface area contributed by atoms with Crippen molar-refractivity contribution >= 4 is 11.6 Å². The lowest BCUT2D eigenvalue weighted by molar-refractivity contribution is 0.594. The first-order valence-corrected chi connectivity index (χ1v) is 5.37. The quantitative estimate of drug-likeness (QED) is 0.884. The van der Waals surface area contributed by atoms with Gasteiger partial charge in [0.1, 0.15) is 0 Å². The molecular weight excluding hydrogens is 224 g/mol. The van der Waals surface area contributed by atoms with E-state index >= 15 is 0 Å². The molecule has 1 unspecified atom stereocenters. The highest BCUT2D eigenvalue weighted by molar-refractivity contribution is 6.30. The summed E-state index contributed by atoms with van der Waals surface area (Å²) in [5, 5.41) is 8.01. The maximum absolute atomic E-state index is 5.82. The SMILES string of the molecule is CNC(c1ccc(Cl)cn1)c1ccnn1C. The minimum atomic E-state index is 0.0322. The number of rotatable bonds is 3. The molecule has 0 aliphatic heterocycles. The number of nitrogens with one attached hydrogen (secondary N) is 1. The van der Waals surface area contributed by atoms with Crippen molar-refractivity contribution in [3.05, 3.63) is 47.0 Å². The molecule has 2 heterocycles. The standard InChI is InChI=1S/C11H13ClN4/c1-13-11(10-5-6-15-16(10)2)9-4-3-8(12)7-14-9/h3-7,11,13H,1-2H3. The lowest BCUT2D eigenvalue weighted by Gasteiger charge is -2.15. The summed E-state index contributed by atoms with van der Waals surface area (Å²) in [6, 6.07) is 5.75. The Kier molecular flexibility index (Phi) is 3.22. The minimum absolute atomic E-state index is 0.0322. The fourth-order valence-corrected chi connectivity index (χ4v) is 1.78. The van der Waals surface area contributed by atoms with E-state index in [0.29, 0.717) is 5.02 Å². The van der Waals surface area contributed by atoms with Gasteiger partial charge in [-0.05, 0) is 25.2 Å². The molecule has 1 N–H and O–H groups in total. The number of pyridine rings is 1. The molecule has 0 saturated carbocycles. The first-order valence-electron chi connectivity index (χ1n) is 4.99. The smallest absolute Gasteiger partial charge is 0.0919 e. The van der Waals surface area contributed by atoms with Crippen LogP contribution in [-0.4, -0.2) is 21.8 Å². The third kappa shape index (κ3) is 2.08. The Morgan fingerprint density at radius 1 is 1.38 bits per heavy atom. The van der Waals surface area contributed by atoms with Gasteiger partial charge in [-0.1, -0.05) is 11.6 Å². The summed E-state index contributed by atoms with van der Waals surface area (Å²) in [7, 11) is 3.81. The van der Waals surface area contributed by atoms with Crippen LogP contribution in [0, 0.1) is 0 Å². The second-order valence-electron chi connectivity index (χ2n) is 3.50. The highest BCUT2D eigenvalue weighted by Crippen LogP contribution is 2.20. The van der Waals surface area contributed by atoms with Crippen molar-refractivity contribution in [2.24, 2.45) is 7.05 Å². The van der Waals surface area contributed by atoms with Crippen LogP contribution in [0.3, 0.4) is 0 Å². The maximum atomic E-state index is 5.82. The van der Waals surface area contributed by atoms with E-state index in [1.807, 2.05) is 37.0 Å². The largest absolute Gasteiger partial charge is 0.307 e. The van der Waals surface area contributed by atoms with Crippen LogP contribution in [0.5, 0.6) is 0 Å². The van der Waals surface area contributed by atoms with Crippen LogP contribution in [0.15, 0.2) is 30.6 Å². The Balaban J connectivity index is 2.37. The second kappa shape index (κ2) is 4.63. The summed E-state index contributed by atoms with van der Waals surface area (Å²) in [5.74, 6) is 0. The second-order valence-corrected chi connectivity index (χ2v) is 3.94.